The first-order valence-corrected chi connectivity index (χ1v) is 4.11. The lowest BCUT2D eigenvalue weighted by Gasteiger charge is -2.11. The van der Waals surface area contributed by atoms with Crippen molar-refractivity contribution in [3.8, 4) is 0 Å². The van der Waals surface area contributed by atoms with Crippen LogP contribution in [0.5, 0.6) is 0 Å². The highest BCUT2D eigenvalue weighted by molar-refractivity contribution is 5.59. The molecule has 1 aromatic rings. The van der Waals surface area contributed by atoms with Gasteiger partial charge in [0.05, 0.1) is 17.7 Å². The summed E-state index contributed by atoms with van der Waals surface area (Å²) in [5, 5.41) is 22.1. The van der Waals surface area contributed by atoms with Gasteiger partial charge in [0.25, 0.3) is 5.69 Å². The molecule has 0 spiro atoms. The lowest BCUT2D eigenvalue weighted by molar-refractivity contribution is -0.384. The number of nitrogens with one attached hydrogen (secondary N) is 1. The summed E-state index contributed by atoms with van der Waals surface area (Å²) < 4.78 is 0. The fraction of sp³-hybridized carbons (Fsp3) is 0.375. The Morgan fingerprint density at radius 1 is 1.79 bits per heavy atom. The van der Waals surface area contributed by atoms with Crippen molar-refractivity contribution in [1.29, 1.82) is 0 Å². The topological polar surface area (TPSA) is 88.3 Å². The molecule has 1 aromatic heterocycles. The Bertz CT molecular complexity index is 329. The quantitative estimate of drug-likeness (QED) is 0.550. The van der Waals surface area contributed by atoms with Crippen LogP contribution in [-0.4, -0.2) is 27.7 Å². The maximum Gasteiger partial charge on any atom is 0.295 e. The van der Waals surface area contributed by atoms with Gasteiger partial charge in [-0.15, -0.1) is 0 Å². The average molecular weight is 197 g/mol. The van der Waals surface area contributed by atoms with Crippen LogP contribution >= 0.6 is 0 Å². The first kappa shape index (κ1) is 10.4. The van der Waals surface area contributed by atoms with Crippen molar-refractivity contribution in [3.05, 3.63) is 28.6 Å². The summed E-state index contributed by atoms with van der Waals surface area (Å²) in [6.07, 6.45) is 2.72. The molecule has 76 valence electrons. The highest BCUT2D eigenvalue weighted by Gasteiger charge is 2.14. The average Bonchev–Trinajstić information content (AvgIpc) is 2.18. The van der Waals surface area contributed by atoms with E-state index in [0.717, 1.165) is 0 Å². The molecule has 0 aromatic carbocycles. The molecule has 6 nitrogen and oxygen atoms in total. The Hall–Kier alpha value is -1.69. The Labute approximate surface area is 80.7 Å². The minimum absolute atomic E-state index is 0.0414. The molecule has 6 heteroatoms. The van der Waals surface area contributed by atoms with E-state index in [4.69, 9.17) is 5.11 Å². The highest BCUT2D eigenvalue weighted by atomic mass is 16.6. The molecule has 0 radical (unpaired) electrons. The molecule has 0 fully saturated rings. The van der Waals surface area contributed by atoms with Crippen molar-refractivity contribution in [2.75, 3.05) is 11.9 Å². The van der Waals surface area contributed by atoms with Crippen LogP contribution in [-0.2, 0) is 0 Å². The van der Waals surface area contributed by atoms with Crippen LogP contribution in [0, 0.1) is 10.1 Å². The lowest BCUT2D eigenvalue weighted by Crippen LogP contribution is -2.20. The number of rotatable bonds is 4. The van der Waals surface area contributed by atoms with Gasteiger partial charge in [0.2, 0.25) is 0 Å². The molecule has 1 heterocycles. The molecular weight excluding hydrogens is 186 g/mol. The summed E-state index contributed by atoms with van der Waals surface area (Å²) in [7, 11) is 0. The van der Waals surface area contributed by atoms with Gasteiger partial charge in [-0.25, -0.2) is 0 Å². The molecular formula is C8H11N3O3. The summed E-state index contributed by atoms with van der Waals surface area (Å²) in [5.74, 6) is 0. The summed E-state index contributed by atoms with van der Waals surface area (Å²) >= 11 is 0. The van der Waals surface area contributed by atoms with Crippen LogP contribution in [0.15, 0.2) is 18.5 Å². The van der Waals surface area contributed by atoms with Crippen molar-refractivity contribution in [2.24, 2.45) is 0 Å². The van der Waals surface area contributed by atoms with Gasteiger partial charge in [0.1, 0.15) is 5.69 Å². The molecule has 0 aliphatic heterocycles. The minimum atomic E-state index is -0.492. The first-order chi connectivity index (χ1) is 6.65. The number of aliphatic hydroxyl groups is 1. The van der Waals surface area contributed by atoms with Crippen LogP contribution < -0.4 is 5.32 Å². The van der Waals surface area contributed by atoms with E-state index in [1.54, 1.807) is 6.92 Å². The SMILES string of the molecule is CC(CO)Nc1cnccc1[N+](=O)[O-]. The molecule has 0 saturated carbocycles. The van der Waals surface area contributed by atoms with Crippen LogP contribution in [0.4, 0.5) is 11.4 Å². The van der Waals surface area contributed by atoms with E-state index in [2.05, 4.69) is 10.3 Å². The number of nitro groups is 1. The second-order valence-electron chi connectivity index (χ2n) is 2.88. The number of aromatic nitrogens is 1. The Morgan fingerprint density at radius 3 is 3.07 bits per heavy atom. The molecule has 1 atom stereocenters. The molecule has 0 bridgehead atoms. The summed E-state index contributed by atoms with van der Waals surface area (Å²) in [6, 6.07) is 1.07. The zero-order valence-corrected chi connectivity index (χ0v) is 7.67. The summed E-state index contributed by atoms with van der Waals surface area (Å²) in [5.41, 5.74) is 0.277. The second-order valence-corrected chi connectivity index (χ2v) is 2.88. The number of pyridine rings is 1. The van der Waals surface area contributed by atoms with Crippen LogP contribution in [0.3, 0.4) is 0 Å². The van der Waals surface area contributed by atoms with Crippen molar-refractivity contribution in [2.45, 2.75) is 13.0 Å². The van der Waals surface area contributed by atoms with Gasteiger partial charge in [0.15, 0.2) is 0 Å². The van der Waals surface area contributed by atoms with E-state index in [9.17, 15) is 10.1 Å². The number of aliphatic hydroxyl groups excluding tert-OH is 1. The predicted molar refractivity (Wildman–Crippen MR) is 51.1 cm³/mol. The van der Waals surface area contributed by atoms with Crippen LogP contribution in [0.1, 0.15) is 6.92 Å². The standard InChI is InChI=1S/C8H11N3O3/c1-6(5-12)10-7-4-9-3-2-8(7)11(13)14/h2-4,6,10,12H,5H2,1H3. The molecule has 0 aliphatic carbocycles. The number of hydrogen-bond donors (Lipinski definition) is 2. The largest absolute Gasteiger partial charge is 0.394 e. The maximum atomic E-state index is 10.6. The monoisotopic (exact) mass is 197 g/mol. The van der Waals surface area contributed by atoms with Gasteiger partial charge in [-0.3, -0.25) is 15.1 Å². The number of hydrogen-bond acceptors (Lipinski definition) is 5. The third-order valence-electron chi connectivity index (χ3n) is 1.67. The molecule has 0 amide bonds. The lowest BCUT2D eigenvalue weighted by atomic mass is 10.3. The number of nitrogens with zero attached hydrogens (tertiary/aromatic N) is 2. The normalized spacial score (nSPS) is 12.1. The van der Waals surface area contributed by atoms with E-state index in [1.807, 2.05) is 0 Å². The molecule has 1 unspecified atom stereocenters. The fourth-order valence-corrected chi connectivity index (χ4v) is 0.969. The van der Waals surface area contributed by atoms with Gasteiger partial charge in [-0.2, -0.15) is 0 Å². The third kappa shape index (κ3) is 2.40. The summed E-state index contributed by atoms with van der Waals surface area (Å²) in [4.78, 5) is 13.8. The molecule has 2 N–H and O–H groups in total. The Morgan fingerprint density at radius 2 is 2.50 bits per heavy atom. The van der Waals surface area contributed by atoms with Gasteiger partial charge in [0, 0.05) is 18.3 Å². The van der Waals surface area contributed by atoms with Crippen molar-refractivity contribution in [1.82, 2.24) is 4.98 Å². The van der Waals surface area contributed by atoms with Crippen LogP contribution in [0.25, 0.3) is 0 Å². The smallest absolute Gasteiger partial charge is 0.295 e. The van der Waals surface area contributed by atoms with Gasteiger partial charge in [-0.05, 0) is 6.92 Å². The van der Waals surface area contributed by atoms with Gasteiger partial charge >= 0.3 is 0 Å². The zero-order chi connectivity index (χ0) is 10.6. The Balaban J connectivity index is 2.90. The second kappa shape index (κ2) is 4.52. The third-order valence-corrected chi connectivity index (χ3v) is 1.67. The van der Waals surface area contributed by atoms with Crippen molar-refractivity contribution < 1.29 is 10.0 Å². The van der Waals surface area contributed by atoms with E-state index in [0.29, 0.717) is 5.69 Å². The summed E-state index contributed by atoms with van der Waals surface area (Å²) in [6.45, 7) is 1.63. The maximum absolute atomic E-state index is 10.6. The Kier molecular flexibility index (Phi) is 3.35. The van der Waals surface area contributed by atoms with E-state index < -0.39 is 4.92 Å². The number of anilines is 1. The van der Waals surface area contributed by atoms with E-state index in [-0.39, 0.29) is 18.3 Å². The molecule has 0 saturated heterocycles. The van der Waals surface area contributed by atoms with Crippen LogP contribution in [0.2, 0.25) is 0 Å². The molecule has 0 aliphatic rings. The zero-order valence-electron chi connectivity index (χ0n) is 7.67. The van der Waals surface area contributed by atoms with Gasteiger partial charge < -0.3 is 10.4 Å². The van der Waals surface area contributed by atoms with E-state index in [1.165, 1.54) is 18.5 Å². The highest BCUT2D eigenvalue weighted by Crippen LogP contribution is 2.22. The fourth-order valence-electron chi connectivity index (χ4n) is 0.969. The molecule has 1 rings (SSSR count). The first-order valence-electron chi connectivity index (χ1n) is 4.11. The van der Waals surface area contributed by atoms with E-state index >= 15 is 0 Å². The van der Waals surface area contributed by atoms with Crippen molar-refractivity contribution >= 4 is 11.4 Å². The van der Waals surface area contributed by atoms with Crippen molar-refractivity contribution in [3.63, 3.8) is 0 Å². The van der Waals surface area contributed by atoms with Gasteiger partial charge in [-0.1, -0.05) is 0 Å². The molecule has 14 heavy (non-hydrogen) atoms. The minimum Gasteiger partial charge on any atom is -0.394 e. The predicted octanol–water partition coefficient (Wildman–Crippen LogP) is 0.782.